The first-order valence-electron chi connectivity index (χ1n) is 7.58. The van der Waals surface area contributed by atoms with Gasteiger partial charge in [0.25, 0.3) is 5.91 Å². The third kappa shape index (κ3) is 3.41. The fourth-order valence-electron chi connectivity index (χ4n) is 2.47. The fourth-order valence-corrected chi connectivity index (χ4v) is 2.47. The molecule has 7 heteroatoms. The summed E-state index contributed by atoms with van der Waals surface area (Å²) in [4.78, 5) is 12.1. The van der Waals surface area contributed by atoms with E-state index in [1.807, 2.05) is 6.92 Å². The summed E-state index contributed by atoms with van der Waals surface area (Å²) in [5, 5.41) is 16.6. The molecule has 0 aliphatic rings. The lowest BCUT2D eigenvalue weighted by molar-refractivity contribution is 0.0933. The Morgan fingerprint density at radius 3 is 2.83 bits per heavy atom. The number of furan rings is 2. The van der Waals surface area contributed by atoms with E-state index in [0.717, 1.165) is 11.3 Å². The second-order valence-corrected chi connectivity index (χ2v) is 5.48. The van der Waals surface area contributed by atoms with Gasteiger partial charge in [0, 0.05) is 18.2 Å². The summed E-state index contributed by atoms with van der Waals surface area (Å²) in [5.74, 6) is 1.95. The van der Waals surface area contributed by atoms with Crippen molar-refractivity contribution in [3.8, 4) is 11.5 Å². The first-order valence-corrected chi connectivity index (χ1v) is 7.58. The van der Waals surface area contributed by atoms with Crippen LogP contribution in [0.3, 0.4) is 0 Å². The van der Waals surface area contributed by atoms with Crippen LogP contribution in [0.2, 0.25) is 0 Å². The molecule has 1 amide bonds. The molecule has 7 nitrogen and oxygen atoms in total. The summed E-state index contributed by atoms with van der Waals surface area (Å²) in [7, 11) is 0. The fraction of sp³-hybridized carbons (Fsp3) is 0.294. The highest BCUT2D eigenvalue weighted by molar-refractivity contribution is 5.92. The maximum absolute atomic E-state index is 12.1. The molecule has 0 saturated carbocycles. The molecule has 0 aromatic carbocycles. The number of amides is 1. The molecule has 0 aliphatic heterocycles. The summed E-state index contributed by atoms with van der Waals surface area (Å²) in [6, 6.07) is 6.75. The Morgan fingerprint density at radius 2 is 2.17 bits per heavy atom. The van der Waals surface area contributed by atoms with Crippen molar-refractivity contribution in [1.82, 2.24) is 10.5 Å². The molecule has 1 atom stereocenters. The van der Waals surface area contributed by atoms with E-state index in [1.54, 1.807) is 25.1 Å². The first-order chi connectivity index (χ1) is 11.5. The van der Waals surface area contributed by atoms with Crippen LogP contribution in [-0.4, -0.2) is 22.7 Å². The van der Waals surface area contributed by atoms with Crippen LogP contribution in [0.15, 0.2) is 43.9 Å². The average molecular weight is 330 g/mol. The highest BCUT2D eigenvalue weighted by Crippen LogP contribution is 2.24. The van der Waals surface area contributed by atoms with Crippen molar-refractivity contribution in [3.63, 3.8) is 0 Å². The monoisotopic (exact) mass is 330 g/mol. The van der Waals surface area contributed by atoms with Crippen molar-refractivity contribution in [1.29, 1.82) is 0 Å². The van der Waals surface area contributed by atoms with Gasteiger partial charge in [0.2, 0.25) is 5.76 Å². The summed E-state index contributed by atoms with van der Waals surface area (Å²) in [6.45, 7) is 3.93. The number of aryl methyl sites for hydroxylation is 2. The SMILES string of the molecule is Cc1cc(C(O)CCNC(=O)c2cc(-c3ccco3)on2)c(C)o1. The minimum atomic E-state index is -0.696. The number of rotatable bonds is 6. The van der Waals surface area contributed by atoms with Crippen LogP contribution in [0, 0.1) is 13.8 Å². The smallest absolute Gasteiger partial charge is 0.273 e. The van der Waals surface area contributed by atoms with E-state index in [4.69, 9.17) is 13.4 Å². The molecular weight excluding hydrogens is 312 g/mol. The van der Waals surface area contributed by atoms with Crippen molar-refractivity contribution in [2.24, 2.45) is 0 Å². The van der Waals surface area contributed by atoms with Crippen LogP contribution < -0.4 is 5.32 Å². The molecule has 3 aromatic heterocycles. The van der Waals surface area contributed by atoms with Gasteiger partial charge in [-0.25, -0.2) is 0 Å². The lowest BCUT2D eigenvalue weighted by Gasteiger charge is -2.09. The van der Waals surface area contributed by atoms with E-state index in [9.17, 15) is 9.90 Å². The predicted octanol–water partition coefficient (Wildman–Crippen LogP) is 3.00. The number of aliphatic hydroxyl groups is 1. The Labute approximate surface area is 138 Å². The Hall–Kier alpha value is -2.80. The Kier molecular flexibility index (Phi) is 4.52. The van der Waals surface area contributed by atoms with Crippen molar-refractivity contribution in [2.75, 3.05) is 6.54 Å². The van der Waals surface area contributed by atoms with Gasteiger partial charge in [0.1, 0.15) is 11.5 Å². The largest absolute Gasteiger partial charge is 0.466 e. The van der Waals surface area contributed by atoms with Crippen molar-refractivity contribution < 1.29 is 23.3 Å². The highest BCUT2D eigenvalue weighted by atomic mass is 16.5. The standard InChI is InChI=1S/C17H18N2O5/c1-10-8-12(11(2)23-10)14(20)5-6-18-17(21)13-9-16(24-19-13)15-4-3-7-22-15/h3-4,7-9,14,20H,5-6H2,1-2H3,(H,18,21). The molecule has 24 heavy (non-hydrogen) atoms. The van der Waals surface area contributed by atoms with E-state index in [2.05, 4.69) is 10.5 Å². The molecule has 3 heterocycles. The molecule has 0 saturated heterocycles. The second kappa shape index (κ2) is 6.76. The number of nitrogens with one attached hydrogen (secondary N) is 1. The molecule has 0 bridgehead atoms. The van der Waals surface area contributed by atoms with Gasteiger partial charge in [0.05, 0.1) is 12.4 Å². The van der Waals surface area contributed by atoms with Crippen LogP contribution in [0.1, 0.15) is 40.1 Å². The molecular formula is C17H18N2O5. The summed E-state index contributed by atoms with van der Waals surface area (Å²) in [5.41, 5.74) is 0.898. The van der Waals surface area contributed by atoms with Crippen molar-refractivity contribution in [3.05, 3.63) is 53.3 Å². The van der Waals surface area contributed by atoms with Gasteiger partial charge in [-0.05, 0) is 38.5 Å². The Balaban J connectivity index is 1.53. The topological polar surface area (TPSA) is 102 Å². The van der Waals surface area contributed by atoms with Gasteiger partial charge in [-0.2, -0.15) is 0 Å². The molecule has 3 rings (SSSR count). The minimum Gasteiger partial charge on any atom is -0.466 e. The number of hydrogen-bond acceptors (Lipinski definition) is 6. The van der Waals surface area contributed by atoms with Crippen LogP contribution in [0.5, 0.6) is 0 Å². The lowest BCUT2D eigenvalue weighted by Crippen LogP contribution is -2.25. The highest BCUT2D eigenvalue weighted by Gasteiger charge is 2.17. The quantitative estimate of drug-likeness (QED) is 0.720. The molecule has 0 spiro atoms. The summed E-state index contributed by atoms with van der Waals surface area (Å²) >= 11 is 0. The molecule has 1 unspecified atom stereocenters. The van der Waals surface area contributed by atoms with Crippen LogP contribution in [-0.2, 0) is 0 Å². The van der Waals surface area contributed by atoms with Crippen LogP contribution in [0.4, 0.5) is 0 Å². The van der Waals surface area contributed by atoms with Gasteiger partial charge in [-0.3, -0.25) is 4.79 Å². The van der Waals surface area contributed by atoms with E-state index >= 15 is 0 Å². The van der Waals surface area contributed by atoms with Crippen molar-refractivity contribution >= 4 is 5.91 Å². The van der Waals surface area contributed by atoms with E-state index in [1.165, 1.54) is 12.3 Å². The van der Waals surface area contributed by atoms with Gasteiger partial charge in [-0.15, -0.1) is 0 Å². The minimum absolute atomic E-state index is 0.159. The molecule has 3 aromatic rings. The van der Waals surface area contributed by atoms with Crippen molar-refractivity contribution in [2.45, 2.75) is 26.4 Å². The number of hydrogen-bond donors (Lipinski definition) is 2. The lowest BCUT2D eigenvalue weighted by atomic mass is 10.1. The third-order valence-corrected chi connectivity index (χ3v) is 3.65. The van der Waals surface area contributed by atoms with Gasteiger partial charge >= 0.3 is 0 Å². The number of carbonyl (C=O) groups excluding carboxylic acids is 1. The molecule has 126 valence electrons. The zero-order valence-electron chi connectivity index (χ0n) is 13.4. The maximum atomic E-state index is 12.1. The summed E-state index contributed by atoms with van der Waals surface area (Å²) in [6.07, 6.45) is 1.19. The second-order valence-electron chi connectivity index (χ2n) is 5.48. The van der Waals surface area contributed by atoms with Gasteiger partial charge in [-0.1, -0.05) is 5.16 Å². The van der Waals surface area contributed by atoms with Gasteiger partial charge in [0.15, 0.2) is 11.5 Å². The molecule has 0 radical (unpaired) electrons. The molecule has 0 aliphatic carbocycles. The maximum Gasteiger partial charge on any atom is 0.273 e. The average Bonchev–Trinajstić information content (AvgIpc) is 3.26. The van der Waals surface area contributed by atoms with E-state index < -0.39 is 6.10 Å². The van der Waals surface area contributed by atoms with Crippen LogP contribution in [0.25, 0.3) is 11.5 Å². The summed E-state index contributed by atoms with van der Waals surface area (Å²) < 4.78 is 15.7. The Morgan fingerprint density at radius 1 is 1.33 bits per heavy atom. The Bertz CT molecular complexity index is 816. The van der Waals surface area contributed by atoms with Crippen LogP contribution >= 0.6 is 0 Å². The number of aromatic nitrogens is 1. The zero-order chi connectivity index (χ0) is 17.1. The first kappa shape index (κ1) is 16.1. The number of nitrogens with zero attached hydrogens (tertiary/aromatic N) is 1. The normalized spacial score (nSPS) is 12.3. The van der Waals surface area contributed by atoms with Gasteiger partial charge < -0.3 is 23.8 Å². The molecule has 2 N–H and O–H groups in total. The predicted molar refractivity (Wildman–Crippen MR) is 84.3 cm³/mol. The third-order valence-electron chi connectivity index (χ3n) is 3.65. The van der Waals surface area contributed by atoms with E-state index in [-0.39, 0.29) is 11.6 Å². The van der Waals surface area contributed by atoms with E-state index in [0.29, 0.717) is 30.2 Å². The number of carbonyl (C=O) groups is 1. The number of aliphatic hydroxyl groups excluding tert-OH is 1. The zero-order valence-corrected chi connectivity index (χ0v) is 13.4. The molecule has 0 fully saturated rings.